The van der Waals surface area contributed by atoms with E-state index in [0.29, 0.717) is 5.39 Å². The van der Waals surface area contributed by atoms with Crippen LogP contribution in [0.2, 0.25) is 0 Å². The first-order valence-electron chi connectivity index (χ1n) is 5.97. The van der Waals surface area contributed by atoms with Gasteiger partial charge < -0.3 is 10.2 Å². The van der Waals surface area contributed by atoms with Gasteiger partial charge in [-0.2, -0.15) is 0 Å². The van der Waals surface area contributed by atoms with Crippen LogP contribution in [0.25, 0.3) is 11.0 Å². The Kier molecular flexibility index (Phi) is 3.48. The topological polar surface area (TPSA) is 56.2 Å². The second kappa shape index (κ2) is 4.90. The van der Waals surface area contributed by atoms with E-state index < -0.39 is 5.82 Å². The molecule has 0 aliphatic heterocycles. The number of para-hydroxylation sites is 1. The van der Waals surface area contributed by atoms with Crippen LogP contribution in [0.3, 0.4) is 0 Å². The molecule has 4 heteroatoms. The minimum Gasteiger partial charge on any atom is -0.450 e. The highest BCUT2D eigenvalue weighted by Crippen LogP contribution is 2.25. The molecule has 1 atom stereocenters. The number of carbonyl (C=O) groups is 1. The Morgan fingerprint density at radius 3 is 2.72 bits per heavy atom. The molecule has 0 saturated carbocycles. The molecule has 0 bridgehead atoms. The first kappa shape index (κ1) is 12.8. The van der Waals surface area contributed by atoms with Crippen molar-refractivity contribution in [3.63, 3.8) is 0 Å². The van der Waals surface area contributed by atoms with Gasteiger partial charge in [-0.3, -0.25) is 4.79 Å². The first-order valence-corrected chi connectivity index (χ1v) is 5.97. The van der Waals surface area contributed by atoms with Gasteiger partial charge in [0.25, 0.3) is 0 Å². The fourth-order valence-corrected chi connectivity index (χ4v) is 2.01. The maximum absolute atomic E-state index is 13.5. The van der Waals surface area contributed by atoms with Gasteiger partial charge in [0.2, 0.25) is 5.78 Å². The molecule has 1 unspecified atom stereocenters. The SMILES string of the molecule is CC(C)C(CN)C(=O)c1cc2cccc(F)c2o1. The molecule has 96 valence electrons. The third kappa shape index (κ3) is 2.16. The average Bonchev–Trinajstić information content (AvgIpc) is 2.74. The molecule has 2 N–H and O–H groups in total. The van der Waals surface area contributed by atoms with Crippen LogP contribution < -0.4 is 5.73 Å². The van der Waals surface area contributed by atoms with E-state index in [2.05, 4.69) is 0 Å². The zero-order chi connectivity index (χ0) is 13.3. The number of ketones is 1. The molecule has 3 nitrogen and oxygen atoms in total. The molecule has 2 rings (SSSR count). The highest BCUT2D eigenvalue weighted by atomic mass is 19.1. The van der Waals surface area contributed by atoms with Crippen LogP contribution in [0, 0.1) is 17.7 Å². The van der Waals surface area contributed by atoms with Gasteiger partial charge in [0.15, 0.2) is 17.2 Å². The maximum Gasteiger partial charge on any atom is 0.202 e. The lowest BCUT2D eigenvalue weighted by Gasteiger charge is -2.15. The highest BCUT2D eigenvalue weighted by molar-refractivity contribution is 5.99. The molecule has 1 heterocycles. The molecule has 0 fully saturated rings. The minimum absolute atomic E-state index is 0.125. The molecule has 0 saturated heterocycles. The zero-order valence-corrected chi connectivity index (χ0v) is 10.4. The lowest BCUT2D eigenvalue weighted by atomic mass is 9.90. The molecular weight excluding hydrogens is 233 g/mol. The Balaban J connectivity index is 2.42. The summed E-state index contributed by atoms with van der Waals surface area (Å²) in [5.41, 5.74) is 5.72. The summed E-state index contributed by atoms with van der Waals surface area (Å²) in [5, 5.41) is 0.595. The van der Waals surface area contributed by atoms with Gasteiger partial charge in [0.05, 0.1) is 0 Å². The highest BCUT2D eigenvalue weighted by Gasteiger charge is 2.25. The van der Waals surface area contributed by atoms with Crippen LogP contribution in [-0.4, -0.2) is 12.3 Å². The van der Waals surface area contributed by atoms with E-state index in [1.54, 1.807) is 18.2 Å². The van der Waals surface area contributed by atoms with Gasteiger partial charge in [0.1, 0.15) is 0 Å². The summed E-state index contributed by atoms with van der Waals surface area (Å²) in [7, 11) is 0. The zero-order valence-electron chi connectivity index (χ0n) is 10.4. The Labute approximate surface area is 105 Å². The third-order valence-electron chi connectivity index (χ3n) is 3.13. The van der Waals surface area contributed by atoms with Crippen molar-refractivity contribution >= 4 is 16.8 Å². The number of hydrogen-bond acceptors (Lipinski definition) is 3. The van der Waals surface area contributed by atoms with Gasteiger partial charge in [-0.25, -0.2) is 4.39 Å². The van der Waals surface area contributed by atoms with Crippen molar-refractivity contribution in [2.45, 2.75) is 13.8 Å². The van der Waals surface area contributed by atoms with Gasteiger partial charge in [-0.15, -0.1) is 0 Å². The number of benzene rings is 1. The quantitative estimate of drug-likeness (QED) is 0.847. The van der Waals surface area contributed by atoms with Crippen LogP contribution in [-0.2, 0) is 0 Å². The van der Waals surface area contributed by atoms with Crippen LogP contribution in [0.1, 0.15) is 24.4 Å². The second-order valence-corrected chi connectivity index (χ2v) is 4.72. The molecule has 0 aliphatic rings. The van der Waals surface area contributed by atoms with Crippen molar-refractivity contribution in [1.82, 2.24) is 0 Å². The van der Waals surface area contributed by atoms with E-state index in [-0.39, 0.29) is 35.5 Å². The van der Waals surface area contributed by atoms with Crippen molar-refractivity contribution in [3.8, 4) is 0 Å². The smallest absolute Gasteiger partial charge is 0.202 e. The lowest BCUT2D eigenvalue weighted by Crippen LogP contribution is -2.28. The summed E-state index contributed by atoms with van der Waals surface area (Å²) in [4.78, 5) is 12.2. The molecular formula is C14H16FNO2. The normalized spacial score (nSPS) is 13.2. The first-order chi connectivity index (χ1) is 8.54. The van der Waals surface area contributed by atoms with E-state index >= 15 is 0 Å². The Hall–Kier alpha value is -1.68. The summed E-state index contributed by atoms with van der Waals surface area (Å²) in [6.45, 7) is 4.12. The predicted molar refractivity (Wildman–Crippen MR) is 67.9 cm³/mol. The van der Waals surface area contributed by atoms with Crippen LogP contribution in [0.4, 0.5) is 4.39 Å². The molecule has 1 aromatic heterocycles. The van der Waals surface area contributed by atoms with Crippen LogP contribution in [0.5, 0.6) is 0 Å². The van der Waals surface area contributed by atoms with Crippen molar-refractivity contribution in [3.05, 3.63) is 35.8 Å². The number of nitrogens with two attached hydrogens (primary N) is 1. The second-order valence-electron chi connectivity index (χ2n) is 4.72. The third-order valence-corrected chi connectivity index (χ3v) is 3.13. The van der Waals surface area contributed by atoms with Gasteiger partial charge in [-0.1, -0.05) is 26.0 Å². The van der Waals surface area contributed by atoms with Crippen molar-refractivity contribution in [2.24, 2.45) is 17.6 Å². The largest absolute Gasteiger partial charge is 0.450 e. The summed E-state index contributed by atoms with van der Waals surface area (Å²) < 4.78 is 18.8. The summed E-state index contributed by atoms with van der Waals surface area (Å²) >= 11 is 0. The summed E-state index contributed by atoms with van der Waals surface area (Å²) in [6.07, 6.45) is 0. The van der Waals surface area contributed by atoms with E-state index in [1.165, 1.54) is 6.07 Å². The summed E-state index contributed by atoms with van der Waals surface area (Å²) in [6, 6.07) is 6.19. The minimum atomic E-state index is -0.458. The fourth-order valence-electron chi connectivity index (χ4n) is 2.01. The number of Topliss-reactive ketones (excluding diaryl/α,β-unsaturated/α-hetero) is 1. The van der Waals surface area contributed by atoms with Crippen molar-refractivity contribution in [2.75, 3.05) is 6.54 Å². The summed E-state index contributed by atoms with van der Waals surface area (Å²) in [5.74, 6) is -0.614. The van der Waals surface area contributed by atoms with Crippen LogP contribution >= 0.6 is 0 Å². The number of hydrogen-bond donors (Lipinski definition) is 1. The average molecular weight is 249 g/mol. The Bertz CT molecular complexity index is 574. The number of halogens is 1. The Morgan fingerprint density at radius 1 is 1.44 bits per heavy atom. The number of furan rings is 1. The number of fused-ring (bicyclic) bond motifs is 1. The lowest BCUT2D eigenvalue weighted by molar-refractivity contribution is 0.0865. The molecule has 1 aromatic carbocycles. The van der Waals surface area contributed by atoms with E-state index in [4.69, 9.17) is 10.2 Å². The molecule has 2 aromatic rings. The van der Waals surface area contributed by atoms with Gasteiger partial charge in [0, 0.05) is 17.8 Å². The Morgan fingerprint density at radius 2 is 2.17 bits per heavy atom. The molecule has 18 heavy (non-hydrogen) atoms. The molecule has 0 amide bonds. The predicted octanol–water partition coefficient (Wildman–Crippen LogP) is 2.99. The fraction of sp³-hybridized carbons (Fsp3) is 0.357. The van der Waals surface area contributed by atoms with Crippen molar-refractivity contribution in [1.29, 1.82) is 0 Å². The monoisotopic (exact) mass is 249 g/mol. The molecule has 0 aliphatic carbocycles. The van der Waals surface area contributed by atoms with E-state index in [9.17, 15) is 9.18 Å². The van der Waals surface area contributed by atoms with Crippen molar-refractivity contribution < 1.29 is 13.6 Å². The van der Waals surface area contributed by atoms with Crippen LogP contribution in [0.15, 0.2) is 28.7 Å². The molecule has 0 spiro atoms. The standard InChI is InChI=1S/C14H16FNO2/c1-8(2)10(7-16)13(17)12-6-9-4-3-5-11(15)14(9)18-12/h3-6,8,10H,7,16H2,1-2H3. The number of rotatable bonds is 4. The molecule has 0 radical (unpaired) electrons. The maximum atomic E-state index is 13.5. The van der Waals surface area contributed by atoms with Gasteiger partial charge in [-0.05, 0) is 18.1 Å². The number of carbonyl (C=O) groups excluding carboxylic acids is 1. The van der Waals surface area contributed by atoms with E-state index in [1.807, 2.05) is 13.8 Å². The van der Waals surface area contributed by atoms with E-state index in [0.717, 1.165) is 0 Å². The van der Waals surface area contributed by atoms with Gasteiger partial charge >= 0.3 is 0 Å².